The van der Waals surface area contributed by atoms with Crippen molar-refractivity contribution in [2.75, 3.05) is 60.0 Å². The van der Waals surface area contributed by atoms with Gasteiger partial charge in [0.25, 0.3) is 0 Å². The molecule has 0 aliphatic carbocycles. The zero-order valence-electron chi connectivity index (χ0n) is 21.5. The zero-order chi connectivity index (χ0) is 25.1. The summed E-state index contributed by atoms with van der Waals surface area (Å²) in [4.78, 5) is 23.1. The van der Waals surface area contributed by atoms with Crippen molar-refractivity contribution in [3.63, 3.8) is 0 Å². The number of aryl methyl sites for hydroxylation is 1. The van der Waals surface area contributed by atoms with Crippen LogP contribution in [-0.2, 0) is 11.3 Å². The Morgan fingerprint density at radius 2 is 1.72 bits per heavy atom. The predicted molar refractivity (Wildman–Crippen MR) is 143 cm³/mol. The third kappa shape index (κ3) is 5.13. The van der Waals surface area contributed by atoms with Crippen molar-refractivity contribution >= 4 is 22.4 Å². The van der Waals surface area contributed by atoms with E-state index in [9.17, 15) is 4.79 Å². The number of rotatable bonds is 7. The molecule has 3 aromatic rings. The third-order valence-electron chi connectivity index (χ3n) is 7.55. The van der Waals surface area contributed by atoms with Crippen LogP contribution < -0.4 is 9.47 Å². The Kier molecular flexibility index (Phi) is 7.30. The van der Waals surface area contributed by atoms with Crippen LogP contribution in [0.25, 0.3) is 16.5 Å². The van der Waals surface area contributed by atoms with Gasteiger partial charge in [0.2, 0.25) is 5.91 Å². The monoisotopic (exact) mass is 488 g/mol. The fourth-order valence-electron chi connectivity index (χ4n) is 5.32. The molecule has 1 saturated heterocycles. The smallest absolute Gasteiger partial charge is 0.236 e. The maximum Gasteiger partial charge on any atom is 0.236 e. The molecule has 36 heavy (non-hydrogen) atoms. The molecule has 5 rings (SSSR count). The molecule has 7 heteroatoms. The summed E-state index contributed by atoms with van der Waals surface area (Å²) < 4.78 is 10.9. The Hall–Kier alpha value is -3.29. The number of para-hydroxylation sites is 1. The number of aromatic amines is 1. The maximum atomic E-state index is 13.0. The van der Waals surface area contributed by atoms with E-state index in [1.54, 1.807) is 14.2 Å². The first kappa shape index (κ1) is 24.4. The summed E-state index contributed by atoms with van der Waals surface area (Å²) in [7, 11) is 3.33. The minimum Gasteiger partial charge on any atom is -0.493 e. The molecule has 1 aromatic heterocycles. The summed E-state index contributed by atoms with van der Waals surface area (Å²) in [6.07, 6.45) is 5.36. The normalized spacial score (nSPS) is 17.3. The van der Waals surface area contributed by atoms with Gasteiger partial charge < -0.3 is 19.4 Å². The number of H-pyrrole nitrogens is 1. The van der Waals surface area contributed by atoms with Gasteiger partial charge in [0.1, 0.15) is 0 Å². The molecule has 1 amide bonds. The highest BCUT2D eigenvalue weighted by molar-refractivity contribution is 5.92. The first-order valence-corrected chi connectivity index (χ1v) is 12.7. The summed E-state index contributed by atoms with van der Waals surface area (Å²) in [6, 6.07) is 12.5. The number of nitrogens with zero attached hydrogens (tertiary/aromatic N) is 3. The number of aromatic nitrogens is 1. The van der Waals surface area contributed by atoms with E-state index >= 15 is 0 Å². The highest BCUT2D eigenvalue weighted by Crippen LogP contribution is 2.31. The maximum absolute atomic E-state index is 13.0. The number of ether oxygens (including phenoxy) is 2. The SMILES string of the molecule is COc1cc(C)c(CN2CCN(C(=O)CN3CC=C(c4c[nH]c5ccccc45)CC3)CC2)cc1OC. The molecule has 0 atom stereocenters. The molecule has 0 spiro atoms. The molecule has 0 radical (unpaired) electrons. The molecule has 2 aliphatic heterocycles. The van der Waals surface area contributed by atoms with E-state index in [1.807, 2.05) is 11.0 Å². The molecular weight excluding hydrogens is 452 g/mol. The van der Waals surface area contributed by atoms with Crippen LogP contribution in [0.2, 0.25) is 0 Å². The lowest BCUT2D eigenvalue weighted by Crippen LogP contribution is -2.51. The van der Waals surface area contributed by atoms with Gasteiger partial charge in [-0.3, -0.25) is 14.6 Å². The second-order valence-corrected chi connectivity index (χ2v) is 9.75. The highest BCUT2D eigenvalue weighted by Gasteiger charge is 2.24. The molecule has 2 aromatic carbocycles. The molecule has 1 fully saturated rings. The largest absolute Gasteiger partial charge is 0.493 e. The van der Waals surface area contributed by atoms with Gasteiger partial charge in [-0.15, -0.1) is 0 Å². The first-order valence-electron chi connectivity index (χ1n) is 12.7. The van der Waals surface area contributed by atoms with Crippen LogP contribution in [0.4, 0.5) is 0 Å². The average Bonchev–Trinajstić information content (AvgIpc) is 3.34. The number of hydrogen-bond acceptors (Lipinski definition) is 5. The number of carbonyl (C=O) groups excluding carboxylic acids is 1. The van der Waals surface area contributed by atoms with Crippen molar-refractivity contribution in [3.05, 3.63) is 65.4 Å². The molecule has 7 nitrogen and oxygen atoms in total. The van der Waals surface area contributed by atoms with Gasteiger partial charge >= 0.3 is 0 Å². The number of fused-ring (bicyclic) bond motifs is 1. The number of methoxy groups -OCH3 is 2. The number of carbonyl (C=O) groups is 1. The summed E-state index contributed by atoms with van der Waals surface area (Å²) in [5.74, 6) is 1.76. The Labute approximate surface area is 213 Å². The first-order chi connectivity index (χ1) is 17.6. The van der Waals surface area contributed by atoms with Gasteiger partial charge in [0, 0.05) is 68.5 Å². The Balaban J connectivity index is 1.12. The van der Waals surface area contributed by atoms with E-state index in [0.29, 0.717) is 6.54 Å². The summed E-state index contributed by atoms with van der Waals surface area (Å²) in [5, 5.41) is 1.27. The second kappa shape index (κ2) is 10.8. The van der Waals surface area contributed by atoms with Crippen LogP contribution in [0, 0.1) is 6.92 Å². The van der Waals surface area contributed by atoms with Crippen molar-refractivity contribution in [1.82, 2.24) is 19.7 Å². The summed E-state index contributed by atoms with van der Waals surface area (Å²) >= 11 is 0. The van der Waals surface area contributed by atoms with Crippen molar-refractivity contribution in [2.45, 2.75) is 19.9 Å². The van der Waals surface area contributed by atoms with E-state index in [2.05, 4.69) is 64.3 Å². The molecule has 0 saturated carbocycles. The number of nitrogens with one attached hydrogen (secondary N) is 1. The van der Waals surface area contributed by atoms with Gasteiger partial charge in [-0.2, -0.15) is 0 Å². The number of benzene rings is 2. The third-order valence-corrected chi connectivity index (χ3v) is 7.55. The van der Waals surface area contributed by atoms with Crippen LogP contribution in [0.1, 0.15) is 23.1 Å². The van der Waals surface area contributed by atoms with Gasteiger partial charge in [-0.25, -0.2) is 0 Å². The fraction of sp³-hybridized carbons (Fsp3) is 0.414. The zero-order valence-corrected chi connectivity index (χ0v) is 21.5. The molecule has 0 unspecified atom stereocenters. The minimum atomic E-state index is 0.237. The van der Waals surface area contributed by atoms with Crippen molar-refractivity contribution < 1.29 is 14.3 Å². The van der Waals surface area contributed by atoms with E-state index in [0.717, 1.165) is 63.7 Å². The quantitative estimate of drug-likeness (QED) is 0.546. The predicted octanol–water partition coefficient (Wildman–Crippen LogP) is 3.93. The van der Waals surface area contributed by atoms with E-state index in [-0.39, 0.29) is 5.91 Å². The Morgan fingerprint density at radius 1 is 0.972 bits per heavy atom. The fourth-order valence-corrected chi connectivity index (χ4v) is 5.32. The Bertz CT molecular complexity index is 1260. The van der Waals surface area contributed by atoms with Crippen LogP contribution in [-0.4, -0.2) is 85.6 Å². The molecule has 0 bridgehead atoms. The van der Waals surface area contributed by atoms with Crippen LogP contribution in [0.3, 0.4) is 0 Å². The number of amides is 1. The van der Waals surface area contributed by atoms with Crippen LogP contribution in [0.15, 0.2) is 48.7 Å². The van der Waals surface area contributed by atoms with E-state index in [1.165, 1.54) is 33.2 Å². The van der Waals surface area contributed by atoms with Crippen molar-refractivity contribution in [1.29, 1.82) is 0 Å². The van der Waals surface area contributed by atoms with Gasteiger partial charge in [0.15, 0.2) is 11.5 Å². The van der Waals surface area contributed by atoms with Gasteiger partial charge in [-0.05, 0) is 48.2 Å². The van der Waals surface area contributed by atoms with E-state index < -0.39 is 0 Å². The van der Waals surface area contributed by atoms with Crippen LogP contribution in [0.5, 0.6) is 11.5 Å². The topological polar surface area (TPSA) is 61.0 Å². The lowest BCUT2D eigenvalue weighted by molar-refractivity contribution is -0.134. The number of piperazine rings is 1. The lowest BCUT2D eigenvalue weighted by atomic mass is 9.99. The molecule has 1 N–H and O–H groups in total. The number of hydrogen-bond donors (Lipinski definition) is 1. The summed E-state index contributed by atoms with van der Waals surface area (Å²) in [6.45, 7) is 8.48. The van der Waals surface area contributed by atoms with E-state index in [4.69, 9.17) is 9.47 Å². The molecular formula is C29H36N4O3. The van der Waals surface area contributed by atoms with Crippen molar-refractivity contribution in [2.24, 2.45) is 0 Å². The van der Waals surface area contributed by atoms with Crippen molar-refractivity contribution in [3.8, 4) is 11.5 Å². The molecule has 2 aliphatic rings. The minimum absolute atomic E-state index is 0.237. The second-order valence-electron chi connectivity index (χ2n) is 9.75. The Morgan fingerprint density at radius 3 is 2.44 bits per heavy atom. The standard InChI is InChI=1S/C29H36N4O3/c1-21-16-27(35-2)28(36-3)17-23(21)19-32-12-14-33(15-13-32)29(34)20-31-10-8-22(9-11-31)25-18-30-26-7-5-4-6-24(25)26/h4-8,16-18,30H,9-15,19-20H2,1-3H3. The molecule has 3 heterocycles. The molecule has 190 valence electrons. The van der Waals surface area contributed by atoms with Gasteiger partial charge in [-0.1, -0.05) is 24.3 Å². The summed E-state index contributed by atoms with van der Waals surface area (Å²) in [5.41, 5.74) is 6.26. The highest BCUT2D eigenvalue weighted by atomic mass is 16.5. The lowest BCUT2D eigenvalue weighted by Gasteiger charge is -2.36. The van der Waals surface area contributed by atoms with Gasteiger partial charge in [0.05, 0.1) is 20.8 Å². The van der Waals surface area contributed by atoms with Crippen LogP contribution >= 0.6 is 0 Å². The average molecular weight is 489 g/mol.